The molecule has 0 bridgehead atoms. The first kappa shape index (κ1) is 23.0. The monoisotopic (exact) mass is 450 g/mol. The Kier molecular flexibility index (Phi) is 8.37. The zero-order chi connectivity index (χ0) is 22.2. The molecule has 0 aromatic heterocycles. The SMILES string of the molecule is CCC1O[C@@H](Sc2ccccc2)C(OCc2ccccc2)[C@@H](O)[C@H]1OCc1ccccc1. The summed E-state index contributed by atoms with van der Waals surface area (Å²) in [5.74, 6) is 0. The summed E-state index contributed by atoms with van der Waals surface area (Å²) in [5, 5.41) is 11.4. The molecule has 3 aromatic carbocycles. The lowest BCUT2D eigenvalue weighted by Crippen LogP contribution is -2.58. The predicted molar refractivity (Wildman–Crippen MR) is 127 cm³/mol. The van der Waals surface area contributed by atoms with Crippen LogP contribution >= 0.6 is 11.8 Å². The largest absolute Gasteiger partial charge is 0.387 e. The summed E-state index contributed by atoms with van der Waals surface area (Å²) in [5.41, 5.74) is 1.79. The Morgan fingerprint density at radius 1 is 0.750 bits per heavy atom. The fourth-order valence-corrected chi connectivity index (χ4v) is 5.02. The van der Waals surface area contributed by atoms with Crippen LogP contribution in [0.2, 0.25) is 0 Å². The highest BCUT2D eigenvalue weighted by Gasteiger charge is 2.46. The fraction of sp³-hybridized carbons (Fsp3) is 0.333. The molecule has 0 amide bonds. The number of ether oxygens (including phenoxy) is 3. The van der Waals surface area contributed by atoms with Crippen LogP contribution in [0.15, 0.2) is 95.9 Å². The average molecular weight is 451 g/mol. The molecular weight excluding hydrogens is 420 g/mol. The highest BCUT2D eigenvalue weighted by molar-refractivity contribution is 7.99. The van der Waals surface area contributed by atoms with Crippen molar-refractivity contribution in [3.8, 4) is 0 Å². The third-order valence-corrected chi connectivity index (χ3v) is 6.74. The molecule has 0 radical (unpaired) electrons. The second kappa shape index (κ2) is 11.6. The van der Waals surface area contributed by atoms with E-state index in [0.717, 1.165) is 22.4 Å². The van der Waals surface area contributed by atoms with E-state index in [4.69, 9.17) is 14.2 Å². The highest BCUT2D eigenvalue weighted by atomic mass is 32.2. The molecule has 1 saturated heterocycles. The standard InChI is InChI=1S/C27H30O4S/c1-2-23-25(29-18-20-12-6-3-7-13-20)24(28)26(30-19-21-14-8-4-9-15-21)27(31-23)32-22-16-10-5-11-17-22/h3-17,23-28H,2,18-19H2,1H3/t23?,24-,25-,26?,27-/m0/s1. The van der Waals surface area contributed by atoms with Gasteiger partial charge in [0.05, 0.1) is 19.3 Å². The summed E-state index contributed by atoms with van der Waals surface area (Å²) in [6.45, 7) is 2.88. The maximum atomic E-state index is 11.4. The van der Waals surface area contributed by atoms with Crippen molar-refractivity contribution >= 4 is 11.8 Å². The summed E-state index contributed by atoms with van der Waals surface area (Å²) in [7, 11) is 0. The van der Waals surface area contributed by atoms with Crippen molar-refractivity contribution in [2.24, 2.45) is 0 Å². The minimum atomic E-state index is -0.803. The average Bonchev–Trinajstić information content (AvgIpc) is 2.85. The minimum absolute atomic E-state index is 0.216. The molecule has 5 atom stereocenters. The Balaban J connectivity index is 1.51. The Morgan fingerprint density at radius 3 is 1.78 bits per heavy atom. The van der Waals surface area contributed by atoms with Crippen LogP contribution in [-0.4, -0.2) is 35.0 Å². The molecule has 168 valence electrons. The van der Waals surface area contributed by atoms with Gasteiger partial charge in [0.2, 0.25) is 0 Å². The molecule has 5 heteroatoms. The van der Waals surface area contributed by atoms with E-state index in [1.807, 2.05) is 91.0 Å². The number of thioether (sulfide) groups is 1. The smallest absolute Gasteiger partial charge is 0.136 e. The molecule has 1 heterocycles. The van der Waals surface area contributed by atoms with E-state index < -0.39 is 18.3 Å². The van der Waals surface area contributed by atoms with E-state index in [0.29, 0.717) is 13.2 Å². The van der Waals surface area contributed by atoms with Crippen LogP contribution in [0, 0.1) is 0 Å². The van der Waals surface area contributed by atoms with E-state index in [9.17, 15) is 5.11 Å². The number of benzene rings is 3. The van der Waals surface area contributed by atoms with Gasteiger partial charge in [0, 0.05) is 4.90 Å². The van der Waals surface area contributed by atoms with Crippen molar-refractivity contribution in [2.45, 2.75) is 61.3 Å². The zero-order valence-electron chi connectivity index (χ0n) is 18.2. The molecular formula is C27H30O4S. The van der Waals surface area contributed by atoms with Crippen molar-refractivity contribution in [1.29, 1.82) is 0 Å². The van der Waals surface area contributed by atoms with Crippen LogP contribution < -0.4 is 0 Å². The Hall–Kier alpha value is -2.15. The van der Waals surface area contributed by atoms with E-state index >= 15 is 0 Å². The summed E-state index contributed by atoms with van der Waals surface area (Å²) >= 11 is 1.58. The van der Waals surface area contributed by atoms with Gasteiger partial charge in [0.25, 0.3) is 0 Å². The highest BCUT2D eigenvalue weighted by Crippen LogP contribution is 2.37. The third kappa shape index (κ3) is 6.00. The van der Waals surface area contributed by atoms with E-state index in [1.165, 1.54) is 0 Å². The molecule has 4 rings (SSSR count). The van der Waals surface area contributed by atoms with Crippen molar-refractivity contribution < 1.29 is 19.3 Å². The van der Waals surface area contributed by atoms with Gasteiger partial charge in [0.15, 0.2) is 0 Å². The van der Waals surface area contributed by atoms with Gasteiger partial charge >= 0.3 is 0 Å². The molecule has 1 aliphatic rings. The number of aliphatic hydroxyl groups is 1. The van der Waals surface area contributed by atoms with Crippen LogP contribution in [0.5, 0.6) is 0 Å². The summed E-state index contributed by atoms with van der Waals surface area (Å²) < 4.78 is 18.9. The minimum Gasteiger partial charge on any atom is -0.387 e. The van der Waals surface area contributed by atoms with Gasteiger partial charge < -0.3 is 19.3 Å². The third-order valence-electron chi connectivity index (χ3n) is 5.59. The van der Waals surface area contributed by atoms with Crippen LogP contribution in [0.1, 0.15) is 24.5 Å². The molecule has 1 aliphatic heterocycles. The maximum Gasteiger partial charge on any atom is 0.136 e. The first-order valence-corrected chi connectivity index (χ1v) is 12.0. The quantitative estimate of drug-likeness (QED) is 0.470. The molecule has 2 unspecified atom stereocenters. The lowest BCUT2D eigenvalue weighted by atomic mass is 9.97. The molecule has 0 aliphatic carbocycles. The van der Waals surface area contributed by atoms with Crippen LogP contribution in [0.3, 0.4) is 0 Å². The second-order valence-electron chi connectivity index (χ2n) is 7.90. The molecule has 0 saturated carbocycles. The number of aliphatic hydroxyl groups excluding tert-OH is 1. The lowest BCUT2D eigenvalue weighted by molar-refractivity contribution is -0.231. The van der Waals surface area contributed by atoms with E-state index in [-0.39, 0.29) is 11.5 Å². The molecule has 3 aromatic rings. The summed E-state index contributed by atoms with van der Waals surface area (Å²) in [6.07, 6.45) is -1.26. The van der Waals surface area contributed by atoms with Crippen molar-refractivity contribution in [3.05, 3.63) is 102 Å². The van der Waals surface area contributed by atoms with Gasteiger partial charge in [-0.15, -0.1) is 0 Å². The number of hydrogen-bond donors (Lipinski definition) is 1. The Labute approximate surface area is 194 Å². The van der Waals surface area contributed by atoms with Gasteiger partial charge in [-0.1, -0.05) is 97.5 Å². The Bertz CT molecular complexity index is 922. The van der Waals surface area contributed by atoms with Crippen molar-refractivity contribution in [1.82, 2.24) is 0 Å². The van der Waals surface area contributed by atoms with Crippen molar-refractivity contribution in [2.75, 3.05) is 0 Å². The molecule has 4 nitrogen and oxygen atoms in total. The molecule has 1 fully saturated rings. The summed E-state index contributed by atoms with van der Waals surface area (Å²) in [4.78, 5) is 1.08. The number of hydrogen-bond acceptors (Lipinski definition) is 5. The van der Waals surface area contributed by atoms with Gasteiger partial charge in [0.1, 0.15) is 23.7 Å². The van der Waals surface area contributed by atoms with Crippen LogP contribution in [-0.2, 0) is 27.4 Å². The van der Waals surface area contributed by atoms with Crippen molar-refractivity contribution in [3.63, 3.8) is 0 Å². The molecule has 32 heavy (non-hydrogen) atoms. The fourth-order valence-electron chi connectivity index (χ4n) is 3.87. The maximum absolute atomic E-state index is 11.4. The normalized spacial score (nSPS) is 25.5. The van der Waals surface area contributed by atoms with Gasteiger partial charge in [-0.25, -0.2) is 0 Å². The number of rotatable bonds is 9. The van der Waals surface area contributed by atoms with Gasteiger partial charge in [-0.3, -0.25) is 0 Å². The van der Waals surface area contributed by atoms with Gasteiger partial charge in [-0.2, -0.15) is 0 Å². The van der Waals surface area contributed by atoms with Crippen LogP contribution in [0.4, 0.5) is 0 Å². The predicted octanol–water partition coefficient (Wildman–Crippen LogP) is 5.45. The Morgan fingerprint density at radius 2 is 1.25 bits per heavy atom. The molecule has 0 spiro atoms. The van der Waals surface area contributed by atoms with E-state index in [2.05, 4.69) is 6.92 Å². The lowest BCUT2D eigenvalue weighted by Gasteiger charge is -2.44. The summed E-state index contributed by atoms with van der Waals surface area (Å²) in [6, 6.07) is 30.1. The topological polar surface area (TPSA) is 47.9 Å². The van der Waals surface area contributed by atoms with E-state index in [1.54, 1.807) is 11.8 Å². The second-order valence-corrected chi connectivity index (χ2v) is 9.07. The molecule has 1 N–H and O–H groups in total. The van der Waals surface area contributed by atoms with Gasteiger partial charge in [-0.05, 0) is 29.7 Å². The first-order valence-electron chi connectivity index (χ1n) is 11.1. The first-order chi connectivity index (χ1) is 15.7. The van der Waals surface area contributed by atoms with Crippen LogP contribution in [0.25, 0.3) is 0 Å². The zero-order valence-corrected chi connectivity index (χ0v) is 19.1.